The summed E-state index contributed by atoms with van der Waals surface area (Å²) < 4.78 is 16.4. The van der Waals surface area contributed by atoms with Gasteiger partial charge in [0.25, 0.3) is 0 Å². The fraction of sp³-hybridized carbons (Fsp3) is 0.478. The van der Waals surface area contributed by atoms with Crippen molar-refractivity contribution in [2.75, 3.05) is 40.5 Å². The Labute approximate surface area is 191 Å². The largest absolute Gasteiger partial charge is 0.493 e. The van der Waals surface area contributed by atoms with Crippen LogP contribution >= 0.6 is 23.1 Å². The van der Waals surface area contributed by atoms with E-state index in [1.165, 1.54) is 27.0 Å². The molecule has 4 rings (SSSR count). The van der Waals surface area contributed by atoms with Crippen LogP contribution in [0.3, 0.4) is 0 Å². The molecule has 0 saturated carbocycles. The molecule has 2 aromatic heterocycles. The second-order valence-electron chi connectivity index (χ2n) is 7.72. The van der Waals surface area contributed by atoms with E-state index in [1.807, 2.05) is 6.07 Å². The predicted octanol–water partition coefficient (Wildman–Crippen LogP) is 4.76. The van der Waals surface area contributed by atoms with E-state index in [0.29, 0.717) is 0 Å². The number of hydrogen-bond donors (Lipinski definition) is 0. The van der Waals surface area contributed by atoms with E-state index in [2.05, 4.69) is 31.7 Å². The molecule has 8 heteroatoms. The van der Waals surface area contributed by atoms with Crippen molar-refractivity contribution in [3.05, 3.63) is 39.5 Å². The number of aryl methyl sites for hydroxylation is 3. The lowest BCUT2D eigenvalue weighted by molar-refractivity contribution is 0.0330. The summed E-state index contributed by atoms with van der Waals surface area (Å²) in [4.78, 5) is 14.7. The molecule has 166 valence electrons. The van der Waals surface area contributed by atoms with Crippen molar-refractivity contribution < 1.29 is 14.2 Å². The first-order chi connectivity index (χ1) is 15.0. The molecule has 3 heterocycles. The van der Waals surface area contributed by atoms with Crippen LogP contribution in [-0.2, 0) is 17.0 Å². The van der Waals surface area contributed by atoms with Gasteiger partial charge in [0, 0.05) is 29.1 Å². The van der Waals surface area contributed by atoms with E-state index in [1.54, 1.807) is 37.3 Å². The van der Waals surface area contributed by atoms with Gasteiger partial charge in [-0.2, -0.15) is 0 Å². The molecule has 1 aromatic carbocycles. The highest BCUT2D eigenvalue weighted by atomic mass is 32.2. The maximum Gasteiger partial charge on any atom is 0.161 e. The van der Waals surface area contributed by atoms with Gasteiger partial charge in [0.2, 0.25) is 0 Å². The van der Waals surface area contributed by atoms with Crippen LogP contribution in [0.1, 0.15) is 27.4 Å². The number of thiophene rings is 1. The van der Waals surface area contributed by atoms with Crippen molar-refractivity contribution in [1.82, 2.24) is 14.9 Å². The highest BCUT2D eigenvalue weighted by molar-refractivity contribution is 7.98. The topological polar surface area (TPSA) is 56.7 Å². The molecule has 0 N–H and O–H groups in total. The molecule has 1 aliphatic heterocycles. The molecule has 0 radical (unpaired) electrons. The van der Waals surface area contributed by atoms with Gasteiger partial charge in [-0.3, -0.25) is 4.90 Å². The van der Waals surface area contributed by atoms with Crippen LogP contribution in [0.15, 0.2) is 17.2 Å². The van der Waals surface area contributed by atoms with Gasteiger partial charge in [-0.25, -0.2) is 9.97 Å². The lowest BCUT2D eigenvalue weighted by Crippen LogP contribution is -2.36. The molecule has 6 nitrogen and oxygen atoms in total. The molecular formula is C23H29N3O3S2. The summed E-state index contributed by atoms with van der Waals surface area (Å²) in [5.41, 5.74) is 3.68. The Hall–Kier alpha value is -1.87. The molecule has 1 fully saturated rings. The Morgan fingerprint density at radius 1 is 1.06 bits per heavy atom. The SMILES string of the molecule is COc1cc(C)c(CSc2nc(CN3CCOCC3)nc3sc(C)c(C)c23)cc1OC. The van der Waals surface area contributed by atoms with Gasteiger partial charge in [-0.15, -0.1) is 23.1 Å². The number of ether oxygens (including phenoxy) is 3. The van der Waals surface area contributed by atoms with Gasteiger partial charge in [0.15, 0.2) is 11.5 Å². The van der Waals surface area contributed by atoms with Gasteiger partial charge >= 0.3 is 0 Å². The second-order valence-corrected chi connectivity index (χ2v) is 9.89. The van der Waals surface area contributed by atoms with Gasteiger partial charge in [-0.1, -0.05) is 0 Å². The summed E-state index contributed by atoms with van der Waals surface area (Å²) in [6.07, 6.45) is 0. The van der Waals surface area contributed by atoms with E-state index < -0.39 is 0 Å². The predicted molar refractivity (Wildman–Crippen MR) is 127 cm³/mol. The Morgan fingerprint density at radius 2 is 1.77 bits per heavy atom. The third-order valence-corrected chi connectivity index (χ3v) is 7.84. The Balaban J connectivity index is 1.64. The van der Waals surface area contributed by atoms with Crippen molar-refractivity contribution in [1.29, 1.82) is 0 Å². The average molecular weight is 460 g/mol. The van der Waals surface area contributed by atoms with Crippen LogP contribution in [0.2, 0.25) is 0 Å². The fourth-order valence-electron chi connectivity index (χ4n) is 3.71. The zero-order chi connectivity index (χ0) is 22.0. The molecule has 1 aliphatic rings. The van der Waals surface area contributed by atoms with Gasteiger partial charge < -0.3 is 14.2 Å². The van der Waals surface area contributed by atoms with E-state index in [-0.39, 0.29) is 0 Å². The lowest BCUT2D eigenvalue weighted by atomic mass is 10.1. The van der Waals surface area contributed by atoms with Crippen LogP contribution < -0.4 is 9.47 Å². The number of aromatic nitrogens is 2. The zero-order valence-electron chi connectivity index (χ0n) is 18.8. The third kappa shape index (κ3) is 4.82. The van der Waals surface area contributed by atoms with Gasteiger partial charge in [0.05, 0.1) is 34.0 Å². The first-order valence-electron chi connectivity index (χ1n) is 10.4. The minimum Gasteiger partial charge on any atom is -0.493 e. The van der Waals surface area contributed by atoms with E-state index >= 15 is 0 Å². The number of rotatable bonds is 7. The Bertz CT molecular complexity index is 1080. The quantitative estimate of drug-likeness (QED) is 0.373. The van der Waals surface area contributed by atoms with E-state index in [4.69, 9.17) is 24.2 Å². The minimum atomic E-state index is 0.757. The van der Waals surface area contributed by atoms with Gasteiger partial charge in [0.1, 0.15) is 15.7 Å². The normalized spacial score (nSPS) is 14.9. The number of methoxy groups -OCH3 is 2. The smallest absolute Gasteiger partial charge is 0.161 e. The fourth-order valence-corrected chi connectivity index (χ4v) is 5.99. The summed E-state index contributed by atoms with van der Waals surface area (Å²) in [6, 6.07) is 4.11. The lowest BCUT2D eigenvalue weighted by Gasteiger charge is -2.25. The molecule has 0 atom stereocenters. The number of hydrogen-bond acceptors (Lipinski definition) is 8. The number of thioether (sulfide) groups is 1. The van der Waals surface area contributed by atoms with E-state index in [9.17, 15) is 0 Å². The Morgan fingerprint density at radius 3 is 2.48 bits per heavy atom. The maximum absolute atomic E-state index is 5.51. The van der Waals surface area contributed by atoms with Crippen molar-refractivity contribution in [2.45, 2.75) is 38.1 Å². The highest BCUT2D eigenvalue weighted by Crippen LogP contribution is 2.38. The monoisotopic (exact) mass is 459 g/mol. The molecule has 0 amide bonds. The second kappa shape index (κ2) is 9.73. The van der Waals surface area contributed by atoms with Crippen molar-refractivity contribution in [3.8, 4) is 11.5 Å². The number of fused-ring (bicyclic) bond motifs is 1. The van der Waals surface area contributed by atoms with Crippen LogP contribution in [0.5, 0.6) is 11.5 Å². The summed E-state index contributed by atoms with van der Waals surface area (Å²) in [6.45, 7) is 10.6. The van der Waals surface area contributed by atoms with Crippen molar-refractivity contribution in [2.24, 2.45) is 0 Å². The van der Waals surface area contributed by atoms with E-state index in [0.717, 1.165) is 65.8 Å². The van der Waals surface area contributed by atoms with Crippen molar-refractivity contribution >= 4 is 33.3 Å². The summed E-state index contributed by atoms with van der Waals surface area (Å²) in [5.74, 6) is 3.22. The van der Waals surface area contributed by atoms with Crippen LogP contribution in [0.25, 0.3) is 10.2 Å². The average Bonchev–Trinajstić information content (AvgIpc) is 3.06. The first-order valence-corrected chi connectivity index (χ1v) is 12.2. The summed E-state index contributed by atoms with van der Waals surface area (Å²) >= 11 is 3.53. The molecule has 3 aromatic rings. The van der Waals surface area contributed by atoms with Crippen LogP contribution in [0, 0.1) is 20.8 Å². The highest BCUT2D eigenvalue weighted by Gasteiger charge is 2.19. The molecule has 0 unspecified atom stereocenters. The molecule has 31 heavy (non-hydrogen) atoms. The first kappa shape index (κ1) is 22.3. The molecule has 0 spiro atoms. The van der Waals surface area contributed by atoms with Crippen LogP contribution in [0.4, 0.5) is 0 Å². The molecule has 0 bridgehead atoms. The zero-order valence-corrected chi connectivity index (χ0v) is 20.4. The standard InChI is InChI=1S/C23H29N3O3S2/c1-14-10-18(27-4)19(28-5)11-17(14)13-30-22-21-15(2)16(3)31-23(21)25-20(24-22)12-26-6-8-29-9-7-26/h10-11H,6-9,12-13H2,1-5H3. The molecule has 0 aliphatic carbocycles. The van der Waals surface area contributed by atoms with Crippen molar-refractivity contribution in [3.63, 3.8) is 0 Å². The molecular weight excluding hydrogens is 430 g/mol. The molecule has 1 saturated heterocycles. The number of nitrogens with zero attached hydrogens (tertiary/aromatic N) is 3. The minimum absolute atomic E-state index is 0.757. The van der Waals surface area contributed by atoms with Crippen LogP contribution in [-0.4, -0.2) is 55.4 Å². The number of morpholine rings is 1. The Kier molecular flexibility index (Phi) is 7.01. The summed E-state index contributed by atoms with van der Waals surface area (Å²) in [7, 11) is 3.34. The van der Waals surface area contributed by atoms with Gasteiger partial charge in [-0.05, 0) is 49.6 Å². The third-order valence-electron chi connectivity index (χ3n) is 5.72. The maximum atomic E-state index is 5.51. The summed E-state index contributed by atoms with van der Waals surface area (Å²) in [5, 5.41) is 2.25. The number of benzene rings is 1.